The van der Waals surface area contributed by atoms with Crippen molar-refractivity contribution >= 4 is 47.7 Å². The van der Waals surface area contributed by atoms with Gasteiger partial charge in [-0.2, -0.15) is 9.97 Å². The molecule has 8 aromatic rings. The first kappa shape index (κ1) is 52.4. The van der Waals surface area contributed by atoms with Gasteiger partial charge in [0.2, 0.25) is 23.5 Å². The number of rotatable bonds is 14. The van der Waals surface area contributed by atoms with E-state index in [1.807, 2.05) is 84.9 Å². The average Bonchev–Trinajstić information content (AvgIpc) is 3.35. The summed E-state index contributed by atoms with van der Waals surface area (Å²) in [7, 11) is 3.30. The van der Waals surface area contributed by atoms with Gasteiger partial charge in [0.25, 0.3) is 0 Å². The number of hydrogen-bond donors (Lipinski definition) is 2. The summed E-state index contributed by atoms with van der Waals surface area (Å²) in [5.41, 5.74) is 16.1. The number of halogens is 2. The summed E-state index contributed by atoms with van der Waals surface area (Å²) < 4.78 is 23.8. The van der Waals surface area contributed by atoms with E-state index in [2.05, 4.69) is 109 Å². The van der Waals surface area contributed by atoms with Crippen LogP contribution < -0.4 is 87.1 Å². The normalized spacial score (nSPS) is 11.3. The Morgan fingerprint density at radius 2 is 0.631 bits per heavy atom. The minimum atomic E-state index is -1.63. The molecule has 0 aliphatic carbocycles. The molecule has 8 rings (SSSR count). The maximum Gasteiger partial charge on any atom is 0.228 e. The molecule has 0 fully saturated rings. The number of benzene rings is 6. The fraction of sp³-hybridized carbons (Fsp3) is 0.115. The first-order chi connectivity index (χ1) is 30.4. The van der Waals surface area contributed by atoms with Crippen LogP contribution in [-0.4, -0.2) is 38.4 Å². The van der Waals surface area contributed by atoms with Crippen molar-refractivity contribution in [3.63, 3.8) is 0 Å². The number of aromatic nitrogens is 2. The molecule has 0 saturated carbocycles. The average molecular weight is 1030 g/mol. The van der Waals surface area contributed by atoms with Gasteiger partial charge in [-0.15, -0.1) is 0 Å². The largest absolute Gasteiger partial charge is 1.00 e. The Bertz CT molecular complexity index is 2370. The molecule has 2 unspecified atom stereocenters. The molecule has 0 saturated heterocycles. The van der Waals surface area contributed by atoms with Crippen LogP contribution in [0.3, 0.4) is 0 Å². The van der Waals surface area contributed by atoms with Gasteiger partial charge in [-0.05, 0) is 59.7 Å². The third-order valence-electron chi connectivity index (χ3n) is 10.5. The minimum Gasteiger partial charge on any atom is -1.00 e. The third-order valence-corrected chi connectivity index (χ3v) is 16.0. The molecule has 6 aromatic carbocycles. The maximum absolute atomic E-state index is 6.15. The Morgan fingerprint density at radius 3 is 0.862 bits per heavy atom. The van der Waals surface area contributed by atoms with Crippen LogP contribution in [0.1, 0.15) is 23.2 Å². The van der Waals surface area contributed by atoms with Crippen LogP contribution in [-0.2, 0) is 19.5 Å². The summed E-state index contributed by atoms with van der Waals surface area (Å²) in [6.45, 7) is 0. The summed E-state index contributed by atoms with van der Waals surface area (Å²) >= 11 is 0. The van der Waals surface area contributed by atoms with Gasteiger partial charge < -0.3 is 55.2 Å². The number of hydrogen-bond acceptors (Lipinski definition) is 8. The van der Waals surface area contributed by atoms with Crippen molar-refractivity contribution in [3.8, 4) is 34.6 Å². The van der Waals surface area contributed by atoms with Crippen LogP contribution in [0.25, 0.3) is 11.1 Å². The number of nitrogens with zero attached hydrogens (tertiary/aromatic N) is 2. The van der Waals surface area contributed by atoms with Gasteiger partial charge in [0.1, 0.15) is 31.8 Å². The van der Waals surface area contributed by atoms with Gasteiger partial charge in [-0.1, -0.05) is 133 Å². The molecule has 65 heavy (non-hydrogen) atoms. The van der Waals surface area contributed by atoms with E-state index in [-0.39, 0.29) is 56.4 Å². The molecule has 8 nitrogen and oxygen atoms in total. The van der Waals surface area contributed by atoms with Crippen molar-refractivity contribution in [2.75, 3.05) is 28.4 Å². The molecule has 2 atom stereocenters. The summed E-state index contributed by atoms with van der Waals surface area (Å²) in [4.78, 5) is 9.70. The Hall–Kier alpha value is -5.20. The second-order valence-electron chi connectivity index (χ2n) is 14.3. The predicted octanol–water partition coefficient (Wildman–Crippen LogP) is 1.55. The SMILES string of the molecule is COc1cc([PH+](c2ccccc2)c2ccccc2)c(-c2c([PH+](c3ccccc3)c3ccccc3)cc(OC)nc2OC)c(OC)n1.NC(c1ccccc1)C(N)c1ccccc1.[Cl-].[Cl-].[Ru]. The fourth-order valence-corrected chi connectivity index (χ4v) is 13.0. The molecule has 0 radical (unpaired) electrons. The van der Waals surface area contributed by atoms with Crippen LogP contribution >= 0.6 is 15.8 Å². The van der Waals surface area contributed by atoms with Crippen molar-refractivity contribution in [2.24, 2.45) is 11.5 Å². The molecule has 2 heterocycles. The van der Waals surface area contributed by atoms with Crippen LogP contribution in [0, 0.1) is 0 Å². The van der Waals surface area contributed by atoms with Crippen molar-refractivity contribution in [1.29, 1.82) is 0 Å². The van der Waals surface area contributed by atoms with E-state index in [4.69, 9.17) is 40.4 Å². The predicted molar refractivity (Wildman–Crippen MR) is 261 cm³/mol. The molecule has 0 aliphatic rings. The number of pyridine rings is 2. The van der Waals surface area contributed by atoms with Crippen LogP contribution in [0.4, 0.5) is 0 Å². The van der Waals surface area contributed by atoms with E-state index in [1.54, 1.807) is 28.4 Å². The zero-order chi connectivity index (χ0) is 43.3. The van der Waals surface area contributed by atoms with Gasteiger partial charge >= 0.3 is 0 Å². The van der Waals surface area contributed by atoms with Crippen LogP contribution in [0.5, 0.6) is 23.5 Å². The Labute approximate surface area is 410 Å². The Morgan fingerprint density at radius 1 is 0.385 bits per heavy atom. The van der Waals surface area contributed by atoms with Crippen molar-refractivity contribution in [1.82, 2.24) is 9.97 Å². The van der Waals surface area contributed by atoms with E-state index < -0.39 is 15.8 Å². The van der Waals surface area contributed by atoms with Gasteiger partial charge in [-0.25, -0.2) is 0 Å². The topological polar surface area (TPSA) is 115 Å². The van der Waals surface area contributed by atoms with Gasteiger partial charge in [0, 0.05) is 43.7 Å². The number of ether oxygens (including phenoxy) is 4. The van der Waals surface area contributed by atoms with Gasteiger partial charge in [-0.3, -0.25) is 0 Å². The molecule has 0 spiro atoms. The molecular formula is C52H52Cl2N4O4P2Ru. The van der Waals surface area contributed by atoms with Gasteiger partial charge in [0.15, 0.2) is 0 Å². The van der Waals surface area contributed by atoms with E-state index in [1.165, 1.54) is 21.2 Å². The molecule has 0 aliphatic heterocycles. The quantitative estimate of drug-likeness (QED) is 0.125. The second-order valence-corrected chi connectivity index (χ2v) is 19.2. The van der Waals surface area contributed by atoms with Gasteiger partial charge in [0.05, 0.1) is 55.4 Å². The number of methoxy groups -OCH3 is 4. The smallest absolute Gasteiger partial charge is 0.228 e. The zero-order valence-corrected chi connectivity index (χ0v) is 41.7. The van der Waals surface area contributed by atoms with E-state index in [9.17, 15) is 0 Å². The Kier molecular flexibility index (Phi) is 21.0. The fourth-order valence-electron chi connectivity index (χ4n) is 7.52. The standard InChI is InChI=1S/C38H34N2O4P2.C14H16N2.2ClH.Ru/c1-41-33-25-31(45(27-17-9-5-10-18-27)28-19-11-6-12-20-28)35(37(39-33)43-3)36-32(26-34(42-2)40-38(36)44-4)46(29-21-13-7-14-22-29)30-23-15-8-16-24-30;15-13(11-7-3-1-4-8-11)14(16)12-9-5-2-6-10-12;;;/h5-26H,1-4H3;1-10,13-14H,15-16H2;2*1H;. The second kappa shape index (κ2) is 26.1. The maximum atomic E-state index is 6.15. The van der Waals surface area contributed by atoms with Crippen molar-refractivity contribution in [3.05, 3.63) is 205 Å². The summed E-state index contributed by atoms with van der Waals surface area (Å²) in [5, 5.41) is 6.98. The van der Waals surface area contributed by atoms with E-state index >= 15 is 0 Å². The molecule has 336 valence electrons. The molecule has 2 aromatic heterocycles. The van der Waals surface area contributed by atoms with Crippen LogP contribution in [0.2, 0.25) is 0 Å². The summed E-state index contributed by atoms with van der Waals surface area (Å²) in [5.74, 6) is 1.84. The molecule has 0 bridgehead atoms. The number of nitrogens with two attached hydrogens (primary N) is 2. The first-order valence-corrected chi connectivity index (χ1v) is 23.3. The molecule has 0 amide bonds. The summed E-state index contributed by atoms with van der Waals surface area (Å²) in [6.07, 6.45) is 0. The van der Waals surface area contributed by atoms with E-state index in [0.29, 0.717) is 23.5 Å². The van der Waals surface area contributed by atoms with Crippen molar-refractivity contribution < 1.29 is 63.2 Å². The Balaban J connectivity index is 0.000000412. The summed E-state index contributed by atoms with van der Waals surface area (Å²) in [6, 6.07) is 66.1. The molecule has 13 heteroatoms. The van der Waals surface area contributed by atoms with E-state index in [0.717, 1.165) is 32.9 Å². The monoisotopic (exact) mass is 1030 g/mol. The molecule has 4 N–H and O–H groups in total. The molecular weight excluding hydrogens is 979 g/mol. The van der Waals surface area contributed by atoms with Crippen molar-refractivity contribution in [2.45, 2.75) is 12.1 Å². The third kappa shape index (κ3) is 12.6. The minimum absolute atomic E-state index is 0. The first-order valence-electron chi connectivity index (χ1n) is 20.3. The van der Waals surface area contributed by atoms with Crippen LogP contribution in [0.15, 0.2) is 194 Å². The zero-order valence-electron chi connectivity index (χ0n) is 36.4.